The predicted octanol–water partition coefficient (Wildman–Crippen LogP) is 5.56. The van der Waals surface area contributed by atoms with Gasteiger partial charge in [-0.05, 0) is 50.4 Å². The van der Waals surface area contributed by atoms with Crippen LogP contribution in [0.3, 0.4) is 0 Å². The first kappa shape index (κ1) is 24.5. The first-order valence-electron chi connectivity index (χ1n) is 14.0. The number of carbonyl (C=O) groups excluding carboxylic acids is 1. The number of nitrogens with zero attached hydrogens (tertiary/aromatic N) is 2. The number of quaternary nitrogens is 1. The van der Waals surface area contributed by atoms with E-state index in [1.165, 1.54) is 57.3 Å². The second-order valence-corrected chi connectivity index (χ2v) is 11.4. The molecule has 0 amide bonds. The Kier molecular flexibility index (Phi) is 7.59. The molecule has 4 nitrogen and oxygen atoms in total. The van der Waals surface area contributed by atoms with Gasteiger partial charge in [-0.1, -0.05) is 73.5 Å². The molecule has 1 unspecified atom stereocenters. The average molecular weight is 476 g/mol. The lowest BCUT2D eigenvalue weighted by molar-refractivity contribution is -0.946. The summed E-state index contributed by atoms with van der Waals surface area (Å²) in [5, 5.41) is 0. The highest BCUT2D eigenvalue weighted by Gasteiger charge is 2.50. The van der Waals surface area contributed by atoms with Gasteiger partial charge in [0.15, 0.2) is 6.10 Å². The van der Waals surface area contributed by atoms with E-state index in [2.05, 4.69) is 66.4 Å². The summed E-state index contributed by atoms with van der Waals surface area (Å²) in [7, 11) is 0. The maximum atomic E-state index is 14.1. The van der Waals surface area contributed by atoms with Crippen molar-refractivity contribution in [1.82, 2.24) is 4.90 Å². The first-order chi connectivity index (χ1) is 17.1. The molecule has 4 heteroatoms. The van der Waals surface area contributed by atoms with Crippen LogP contribution in [0, 0.1) is 5.92 Å². The van der Waals surface area contributed by atoms with Crippen molar-refractivity contribution < 1.29 is 14.0 Å². The zero-order chi connectivity index (χ0) is 24.1. The van der Waals surface area contributed by atoms with E-state index in [4.69, 9.17) is 4.74 Å². The highest BCUT2D eigenvalue weighted by molar-refractivity contribution is 5.82. The number of rotatable bonds is 8. The van der Waals surface area contributed by atoms with Crippen LogP contribution in [0.25, 0.3) is 0 Å². The number of hydrogen-bond donors (Lipinski definition) is 0. The lowest BCUT2D eigenvalue weighted by Gasteiger charge is -2.52. The highest BCUT2D eigenvalue weighted by atomic mass is 16.5. The fourth-order valence-electron chi connectivity index (χ4n) is 6.89. The van der Waals surface area contributed by atoms with E-state index in [0.29, 0.717) is 5.92 Å². The molecule has 2 aromatic carbocycles. The number of piperidine rings is 3. The lowest BCUT2D eigenvalue weighted by atomic mass is 9.82. The number of benzene rings is 2. The van der Waals surface area contributed by atoms with Crippen molar-refractivity contribution in [2.75, 3.05) is 39.3 Å². The molecule has 0 saturated carbocycles. The Hall–Kier alpha value is -2.17. The van der Waals surface area contributed by atoms with E-state index in [1.54, 1.807) is 0 Å². The van der Waals surface area contributed by atoms with Gasteiger partial charge < -0.3 is 9.22 Å². The molecule has 35 heavy (non-hydrogen) atoms. The van der Waals surface area contributed by atoms with Crippen LogP contribution in [0.5, 0.6) is 0 Å². The third-order valence-corrected chi connectivity index (χ3v) is 9.21. The molecule has 4 fully saturated rings. The summed E-state index contributed by atoms with van der Waals surface area (Å²) >= 11 is 0. The Balaban J connectivity index is 1.29. The number of esters is 1. The van der Waals surface area contributed by atoms with Crippen LogP contribution in [-0.2, 0) is 21.5 Å². The van der Waals surface area contributed by atoms with Crippen molar-refractivity contribution in [1.29, 1.82) is 0 Å². The standard InChI is InChI=1S/C31H43N2O2/c1-31(28-16-8-5-9-17-28,32-20-10-2-3-11-21-32)30(34)35-29-25-33(23-18-27(29)19-24-33)22-12-15-26-13-6-4-7-14-26/h4-9,13-14,16-17,27,29H,2-3,10-12,15,18-25H2,1H3/q+1/t27?,29-,31?,33?/m1/s1. The van der Waals surface area contributed by atoms with Crippen molar-refractivity contribution in [2.45, 2.75) is 69.9 Å². The van der Waals surface area contributed by atoms with E-state index in [1.807, 2.05) is 6.07 Å². The molecular weight excluding hydrogens is 432 g/mol. The van der Waals surface area contributed by atoms with Gasteiger partial charge in [-0.15, -0.1) is 0 Å². The molecule has 2 atom stereocenters. The Bertz CT molecular complexity index is 946. The van der Waals surface area contributed by atoms with Crippen LogP contribution in [-0.4, -0.2) is 60.7 Å². The van der Waals surface area contributed by atoms with Crippen LogP contribution in [0.1, 0.15) is 63.0 Å². The summed E-state index contributed by atoms with van der Waals surface area (Å²) in [6.45, 7) is 8.72. The minimum Gasteiger partial charge on any atom is -0.454 e. The minimum atomic E-state index is -0.713. The van der Waals surface area contributed by atoms with Gasteiger partial charge in [-0.3, -0.25) is 4.90 Å². The van der Waals surface area contributed by atoms with Crippen LogP contribution in [0.2, 0.25) is 0 Å². The van der Waals surface area contributed by atoms with E-state index < -0.39 is 5.54 Å². The number of likely N-dealkylation sites (tertiary alicyclic amines) is 1. The molecule has 4 aliphatic heterocycles. The number of ether oxygens (including phenoxy) is 1. The Morgan fingerprint density at radius 1 is 0.943 bits per heavy atom. The molecule has 2 aromatic rings. The molecule has 4 aliphatic rings. The van der Waals surface area contributed by atoms with Crippen molar-refractivity contribution in [3.63, 3.8) is 0 Å². The van der Waals surface area contributed by atoms with Gasteiger partial charge in [0, 0.05) is 25.2 Å². The molecular formula is C31H43N2O2+. The average Bonchev–Trinajstić information content (AvgIpc) is 3.20. The van der Waals surface area contributed by atoms with Gasteiger partial charge in [0.05, 0.1) is 19.6 Å². The molecule has 4 heterocycles. The van der Waals surface area contributed by atoms with Gasteiger partial charge in [-0.25, -0.2) is 4.79 Å². The van der Waals surface area contributed by atoms with Crippen molar-refractivity contribution >= 4 is 5.97 Å². The number of fused-ring (bicyclic) bond motifs is 3. The van der Waals surface area contributed by atoms with Crippen LogP contribution >= 0.6 is 0 Å². The maximum absolute atomic E-state index is 14.1. The lowest BCUT2D eigenvalue weighted by Crippen LogP contribution is -2.65. The second-order valence-electron chi connectivity index (χ2n) is 11.4. The number of carbonyl (C=O) groups is 1. The highest BCUT2D eigenvalue weighted by Crippen LogP contribution is 2.39. The van der Waals surface area contributed by atoms with Gasteiger partial charge in [0.2, 0.25) is 0 Å². The summed E-state index contributed by atoms with van der Waals surface area (Å²) in [5.41, 5.74) is 1.78. The fraction of sp³-hybridized carbons (Fsp3) is 0.581. The van der Waals surface area contributed by atoms with Crippen molar-refractivity contribution in [3.05, 3.63) is 71.8 Å². The summed E-state index contributed by atoms with van der Waals surface area (Å²) in [5.74, 6) is 0.490. The van der Waals surface area contributed by atoms with E-state index in [-0.39, 0.29) is 12.1 Å². The van der Waals surface area contributed by atoms with E-state index in [9.17, 15) is 4.79 Å². The van der Waals surface area contributed by atoms with Crippen molar-refractivity contribution in [2.24, 2.45) is 5.92 Å². The zero-order valence-electron chi connectivity index (χ0n) is 21.5. The Morgan fingerprint density at radius 3 is 2.23 bits per heavy atom. The maximum Gasteiger partial charge on any atom is 0.331 e. The van der Waals surface area contributed by atoms with E-state index in [0.717, 1.165) is 48.9 Å². The smallest absolute Gasteiger partial charge is 0.331 e. The molecule has 4 saturated heterocycles. The van der Waals surface area contributed by atoms with Crippen molar-refractivity contribution in [3.8, 4) is 0 Å². The third kappa shape index (κ3) is 5.34. The first-order valence-corrected chi connectivity index (χ1v) is 14.0. The topological polar surface area (TPSA) is 29.5 Å². The second kappa shape index (κ2) is 10.8. The Labute approximate surface area is 211 Å². The monoisotopic (exact) mass is 475 g/mol. The van der Waals surface area contributed by atoms with Crippen LogP contribution in [0.4, 0.5) is 0 Å². The molecule has 0 aliphatic carbocycles. The predicted molar refractivity (Wildman–Crippen MR) is 141 cm³/mol. The Morgan fingerprint density at radius 2 is 1.57 bits per heavy atom. The van der Waals surface area contributed by atoms with Gasteiger partial charge >= 0.3 is 5.97 Å². The molecule has 6 rings (SSSR count). The third-order valence-electron chi connectivity index (χ3n) is 9.21. The molecule has 2 bridgehead atoms. The quantitative estimate of drug-likeness (QED) is 0.370. The number of aryl methyl sites for hydroxylation is 1. The van der Waals surface area contributed by atoms with Gasteiger partial charge in [0.1, 0.15) is 12.1 Å². The summed E-state index contributed by atoms with van der Waals surface area (Å²) < 4.78 is 7.66. The summed E-state index contributed by atoms with van der Waals surface area (Å²) in [6.07, 6.45) is 9.59. The normalized spacial score (nSPS) is 28.7. The van der Waals surface area contributed by atoms with Gasteiger partial charge in [0.25, 0.3) is 0 Å². The van der Waals surface area contributed by atoms with Crippen LogP contribution in [0.15, 0.2) is 60.7 Å². The largest absolute Gasteiger partial charge is 0.454 e. The van der Waals surface area contributed by atoms with Gasteiger partial charge in [-0.2, -0.15) is 0 Å². The molecule has 0 radical (unpaired) electrons. The molecule has 0 aromatic heterocycles. The fourth-order valence-corrected chi connectivity index (χ4v) is 6.89. The summed E-state index contributed by atoms with van der Waals surface area (Å²) in [4.78, 5) is 16.5. The SMILES string of the molecule is CC(C(=O)O[C@@H]1C[N+]2(CCCc3ccccc3)CCC1CC2)(c1ccccc1)N1CCCCCC1. The number of hydrogen-bond acceptors (Lipinski definition) is 3. The minimum absolute atomic E-state index is 0.0354. The molecule has 188 valence electrons. The molecule has 0 N–H and O–H groups in total. The zero-order valence-corrected chi connectivity index (χ0v) is 21.5. The van der Waals surface area contributed by atoms with E-state index >= 15 is 0 Å². The summed E-state index contributed by atoms with van der Waals surface area (Å²) in [6, 6.07) is 21.2. The molecule has 0 spiro atoms. The van der Waals surface area contributed by atoms with Crippen LogP contribution < -0.4 is 0 Å².